The normalized spacial score (nSPS) is 17.4. The van der Waals surface area contributed by atoms with Crippen molar-refractivity contribution in [2.45, 2.75) is 32.0 Å². The van der Waals surface area contributed by atoms with E-state index >= 15 is 0 Å². The average Bonchev–Trinajstić information content (AvgIpc) is 2.74. The lowest BCUT2D eigenvalue weighted by molar-refractivity contribution is 0.0867. The van der Waals surface area contributed by atoms with Crippen LogP contribution in [0.25, 0.3) is 0 Å². The second-order valence-electron chi connectivity index (χ2n) is 7.53. The van der Waals surface area contributed by atoms with Gasteiger partial charge >= 0.3 is 0 Å². The molecule has 6 nitrogen and oxygen atoms in total. The van der Waals surface area contributed by atoms with Gasteiger partial charge in [0.05, 0.1) is 5.56 Å². The number of aromatic nitrogens is 1. The Kier molecular flexibility index (Phi) is 4.99. The quantitative estimate of drug-likeness (QED) is 0.699. The number of carbonyl (C=O) groups is 2. The molecular formula is C24H22N2O4. The zero-order valence-electron chi connectivity index (χ0n) is 16.8. The Balaban J connectivity index is 1.75. The Morgan fingerprint density at radius 2 is 1.77 bits per heavy atom. The van der Waals surface area contributed by atoms with Gasteiger partial charge in [-0.15, -0.1) is 0 Å². The van der Waals surface area contributed by atoms with Gasteiger partial charge in [-0.05, 0) is 55.8 Å². The average molecular weight is 402 g/mol. The fourth-order valence-electron chi connectivity index (χ4n) is 3.67. The molecule has 1 aliphatic rings. The molecule has 0 spiro atoms. The highest BCUT2D eigenvalue weighted by atomic mass is 16.5. The van der Waals surface area contributed by atoms with Crippen LogP contribution in [-0.2, 0) is 5.60 Å². The van der Waals surface area contributed by atoms with Crippen molar-refractivity contribution in [1.82, 2.24) is 4.98 Å². The summed E-state index contributed by atoms with van der Waals surface area (Å²) in [6.45, 7) is 3.81. The second kappa shape index (κ2) is 7.63. The Morgan fingerprint density at radius 1 is 1.10 bits per heavy atom. The molecule has 0 bridgehead atoms. The molecule has 0 radical (unpaired) electrons. The van der Waals surface area contributed by atoms with E-state index in [-0.39, 0.29) is 11.9 Å². The molecule has 3 aromatic rings. The van der Waals surface area contributed by atoms with Crippen molar-refractivity contribution in [1.29, 1.82) is 0 Å². The molecule has 1 aromatic heterocycles. The number of hydrogen-bond acceptors (Lipinski definition) is 5. The number of ketones is 1. The van der Waals surface area contributed by atoms with E-state index in [4.69, 9.17) is 15.2 Å². The Labute approximate surface area is 174 Å². The third-order valence-corrected chi connectivity index (χ3v) is 5.33. The van der Waals surface area contributed by atoms with E-state index in [2.05, 4.69) is 4.98 Å². The number of nitrogens with two attached hydrogens (primary N) is 1. The lowest BCUT2D eigenvalue weighted by Gasteiger charge is -2.32. The highest BCUT2D eigenvalue weighted by molar-refractivity contribution is 6.00. The lowest BCUT2D eigenvalue weighted by Crippen LogP contribution is -2.31. The molecule has 2 heterocycles. The first kappa shape index (κ1) is 19.6. The molecule has 0 fully saturated rings. The van der Waals surface area contributed by atoms with Crippen molar-refractivity contribution in [3.05, 3.63) is 89.2 Å². The van der Waals surface area contributed by atoms with Gasteiger partial charge < -0.3 is 15.2 Å². The minimum absolute atomic E-state index is 0.0641. The number of carbonyl (C=O) groups excluding carboxylic acids is 2. The number of benzene rings is 2. The van der Waals surface area contributed by atoms with Crippen LogP contribution in [0, 0.1) is 0 Å². The first-order valence-corrected chi connectivity index (χ1v) is 9.70. The number of primary amides is 1. The van der Waals surface area contributed by atoms with Crippen LogP contribution in [0.1, 0.15) is 52.1 Å². The first-order chi connectivity index (χ1) is 14.4. The van der Waals surface area contributed by atoms with Gasteiger partial charge in [-0.2, -0.15) is 0 Å². The standard InChI is InChI=1S/C24H22N2O4/c1-15-13-21(27)20-8-7-19(14-22(20)29-15)30-24(2,18-9-11-26-12-10-18)17-5-3-16(4-6-17)23(25)28/h3-12,14-15H,13H2,1-2H3,(H2,25,28)/t15-,24-/m0/s1. The highest BCUT2D eigenvalue weighted by Gasteiger charge is 2.32. The van der Waals surface area contributed by atoms with Crippen LogP contribution in [0.5, 0.6) is 11.5 Å². The molecule has 4 rings (SSSR count). The molecule has 30 heavy (non-hydrogen) atoms. The van der Waals surface area contributed by atoms with E-state index in [1.807, 2.05) is 38.1 Å². The number of nitrogens with zero attached hydrogens (tertiary/aromatic N) is 1. The third-order valence-electron chi connectivity index (χ3n) is 5.33. The number of Topliss-reactive ketones (excluding diaryl/α,β-unsaturated/α-hetero) is 1. The molecule has 1 aliphatic heterocycles. The number of rotatable bonds is 5. The maximum absolute atomic E-state index is 12.3. The number of hydrogen-bond donors (Lipinski definition) is 1. The van der Waals surface area contributed by atoms with Crippen LogP contribution in [0.3, 0.4) is 0 Å². The molecule has 0 saturated heterocycles. The molecule has 2 N–H and O–H groups in total. The minimum Gasteiger partial charge on any atom is -0.489 e. The summed E-state index contributed by atoms with van der Waals surface area (Å²) >= 11 is 0. The van der Waals surface area contributed by atoms with Crippen molar-refractivity contribution in [2.75, 3.05) is 0 Å². The number of amides is 1. The first-order valence-electron chi connectivity index (χ1n) is 9.70. The van der Waals surface area contributed by atoms with E-state index < -0.39 is 11.5 Å². The molecule has 152 valence electrons. The van der Waals surface area contributed by atoms with E-state index in [1.165, 1.54) is 0 Å². The van der Waals surface area contributed by atoms with Crippen molar-refractivity contribution < 1.29 is 19.1 Å². The van der Waals surface area contributed by atoms with Crippen LogP contribution >= 0.6 is 0 Å². The van der Waals surface area contributed by atoms with Gasteiger partial charge in [-0.1, -0.05) is 12.1 Å². The van der Waals surface area contributed by atoms with Crippen LogP contribution in [-0.4, -0.2) is 22.8 Å². The van der Waals surface area contributed by atoms with Gasteiger partial charge in [0.2, 0.25) is 5.91 Å². The Morgan fingerprint density at radius 3 is 2.43 bits per heavy atom. The summed E-state index contributed by atoms with van der Waals surface area (Å²) in [4.78, 5) is 27.8. The predicted octanol–water partition coefficient (Wildman–Crippen LogP) is 3.88. The largest absolute Gasteiger partial charge is 0.489 e. The smallest absolute Gasteiger partial charge is 0.248 e. The lowest BCUT2D eigenvalue weighted by atomic mass is 9.87. The van der Waals surface area contributed by atoms with Gasteiger partial charge in [0.1, 0.15) is 17.6 Å². The number of ether oxygens (including phenoxy) is 2. The summed E-state index contributed by atoms with van der Waals surface area (Å²) in [5.41, 5.74) is 7.20. The molecule has 2 atom stereocenters. The van der Waals surface area contributed by atoms with E-state index in [0.29, 0.717) is 29.0 Å². The van der Waals surface area contributed by atoms with Gasteiger partial charge in [0, 0.05) is 36.0 Å². The summed E-state index contributed by atoms with van der Waals surface area (Å²) in [7, 11) is 0. The Bertz CT molecular complexity index is 1100. The minimum atomic E-state index is -0.877. The zero-order chi connectivity index (χ0) is 21.3. The van der Waals surface area contributed by atoms with Gasteiger partial charge in [0.25, 0.3) is 0 Å². The molecular weight excluding hydrogens is 380 g/mol. The van der Waals surface area contributed by atoms with Crippen LogP contribution in [0.4, 0.5) is 0 Å². The van der Waals surface area contributed by atoms with Gasteiger partial charge in [-0.3, -0.25) is 14.6 Å². The summed E-state index contributed by atoms with van der Waals surface area (Å²) in [5, 5.41) is 0. The monoisotopic (exact) mass is 402 g/mol. The van der Waals surface area contributed by atoms with Crippen LogP contribution in [0.2, 0.25) is 0 Å². The predicted molar refractivity (Wildman–Crippen MR) is 112 cm³/mol. The van der Waals surface area contributed by atoms with E-state index in [1.54, 1.807) is 42.7 Å². The van der Waals surface area contributed by atoms with Crippen molar-refractivity contribution in [3.8, 4) is 11.5 Å². The number of pyridine rings is 1. The topological polar surface area (TPSA) is 91.5 Å². The van der Waals surface area contributed by atoms with Crippen molar-refractivity contribution >= 4 is 11.7 Å². The summed E-state index contributed by atoms with van der Waals surface area (Å²) in [6.07, 6.45) is 3.60. The summed E-state index contributed by atoms with van der Waals surface area (Å²) in [5.74, 6) is 0.666. The van der Waals surface area contributed by atoms with Crippen molar-refractivity contribution in [3.63, 3.8) is 0 Å². The highest BCUT2D eigenvalue weighted by Crippen LogP contribution is 2.38. The summed E-state index contributed by atoms with van der Waals surface area (Å²) < 4.78 is 12.3. The van der Waals surface area contributed by atoms with E-state index in [9.17, 15) is 9.59 Å². The van der Waals surface area contributed by atoms with Gasteiger partial charge in [0.15, 0.2) is 11.4 Å². The van der Waals surface area contributed by atoms with Gasteiger partial charge in [-0.25, -0.2) is 0 Å². The summed E-state index contributed by atoms with van der Waals surface area (Å²) in [6, 6.07) is 16.0. The second-order valence-corrected chi connectivity index (χ2v) is 7.53. The van der Waals surface area contributed by atoms with Crippen LogP contribution < -0.4 is 15.2 Å². The third kappa shape index (κ3) is 3.64. The van der Waals surface area contributed by atoms with Crippen molar-refractivity contribution in [2.24, 2.45) is 5.73 Å². The fraction of sp³-hybridized carbons (Fsp3) is 0.208. The molecule has 6 heteroatoms. The zero-order valence-corrected chi connectivity index (χ0v) is 16.8. The fourth-order valence-corrected chi connectivity index (χ4v) is 3.67. The maximum Gasteiger partial charge on any atom is 0.248 e. The molecule has 0 saturated carbocycles. The Hall–Kier alpha value is -3.67. The van der Waals surface area contributed by atoms with Crippen LogP contribution in [0.15, 0.2) is 67.0 Å². The SMILES string of the molecule is C[C@H]1CC(=O)c2ccc(O[C@](C)(c3ccncc3)c3ccc(C(N)=O)cc3)cc2O1. The molecule has 0 unspecified atom stereocenters. The maximum atomic E-state index is 12.3. The van der Waals surface area contributed by atoms with E-state index in [0.717, 1.165) is 11.1 Å². The number of fused-ring (bicyclic) bond motifs is 1. The molecule has 2 aromatic carbocycles. The molecule has 1 amide bonds. The molecule has 0 aliphatic carbocycles.